The number of aryl methyl sites for hydroxylation is 2. The Morgan fingerprint density at radius 3 is 2.54 bits per heavy atom. The maximum atomic E-state index is 13.5. The summed E-state index contributed by atoms with van der Waals surface area (Å²) < 4.78 is 3.55. The summed E-state index contributed by atoms with van der Waals surface area (Å²) in [4.78, 5) is 20.1. The maximum Gasteiger partial charge on any atom is 0.257 e. The van der Waals surface area contributed by atoms with Crippen molar-refractivity contribution in [1.29, 1.82) is 0 Å². The van der Waals surface area contributed by atoms with Crippen LogP contribution in [0.4, 0.5) is 11.4 Å². The molecular weight excluding hydrogens is 466 g/mol. The van der Waals surface area contributed by atoms with Crippen LogP contribution in [0.2, 0.25) is 0 Å². The van der Waals surface area contributed by atoms with Crippen LogP contribution in [0.25, 0.3) is 21.8 Å². The third-order valence-corrected chi connectivity index (χ3v) is 7.32. The van der Waals surface area contributed by atoms with Gasteiger partial charge in [0.25, 0.3) is 5.91 Å². The number of nitrogens with one attached hydrogen (secondary N) is 2. The number of hydrogen-bond donors (Lipinski definition) is 3. The smallest absolute Gasteiger partial charge is 0.257 e. The molecule has 2 fully saturated rings. The van der Waals surface area contributed by atoms with Crippen molar-refractivity contribution in [2.75, 3.05) is 23.3 Å². The van der Waals surface area contributed by atoms with E-state index in [1.165, 1.54) is 19.2 Å². The van der Waals surface area contributed by atoms with Crippen LogP contribution in [0.5, 0.6) is 0 Å². The van der Waals surface area contributed by atoms with Crippen LogP contribution in [-0.2, 0) is 20.6 Å². The molecule has 1 aliphatic heterocycles. The van der Waals surface area contributed by atoms with E-state index in [0.717, 1.165) is 59.5 Å². The summed E-state index contributed by atoms with van der Waals surface area (Å²) in [6.45, 7) is 2.39. The second kappa shape index (κ2) is 9.51. The molecule has 1 saturated heterocycles. The first-order valence-electron chi connectivity index (χ1n) is 12.9. The third kappa shape index (κ3) is 4.76. The van der Waals surface area contributed by atoms with Gasteiger partial charge >= 0.3 is 0 Å². The molecule has 0 bridgehead atoms. The quantitative estimate of drug-likeness (QED) is 0.266. The molecule has 6 rings (SSSR count). The van der Waals surface area contributed by atoms with Gasteiger partial charge in [-0.3, -0.25) is 19.2 Å². The van der Waals surface area contributed by atoms with Crippen LogP contribution in [0, 0.1) is 0 Å². The van der Waals surface area contributed by atoms with Gasteiger partial charge in [0, 0.05) is 79.4 Å². The Balaban J connectivity index is 1.26. The Hall–Kier alpha value is -3.92. The highest BCUT2D eigenvalue weighted by atomic mass is 16.1. The Morgan fingerprint density at radius 2 is 1.78 bits per heavy atom. The lowest BCUT2D eigenvalue weighted by Gasteiger charge is -2.34. The number of anilines is 2. The maximum absolute atomic E-state index is 13.5. The number of nitrogens with two attached hydrogens (primary N) is 1. The molecule has 2 aromatic heterocycles. The lowest BCUT2D eigenvalue weighted by Crippen LogP contribution is -2.43. The number of piperidine rings is 1. The number of aromatic nitrogens is 4. The molecule has 192 valence electrons. The zero-order valence-electron chi connectivity index (χ0n) is 21.3. The first-order valence-corrected chi connectivity index (χ1v) is 12.9. The lowest BCUT2D eigenvalue weighted by atomic mass is 10.0. The molecule has 10 nitrogen and oxygen atoms in total. The van der Waals surface area contributed by atoms with E-state index in [9.17, 15) is 4.79 Å². The van der Waals surface area contributed by atoms with E-state index in [2.05, 4.69) is 36.8 Å². The van der Waals surface area contributed by atoms with Crippen LogP contribution in [0.15, 0.2) is 41.7 Å². The van der Waals surface area contributed by atoms with Crippen molar-refractivity contribution in [3.63, 3.8) is 0 Å². The highest BCUT2D eigenvalue weighted by molar-refractivity contribution is 6.14. The molecule has 1 saturated carbocycles. The second-order valence-electron chi connectivity index (χ2n) is 10.2. The van der Waals surface area contributed by atoms with Crippen LogP contribution < -0.4 is 21.3 Å². The van der Waals surface area contributed by atoms with Gasteiger partial charge in [0.15, 0.2) is 0 Å². The standard InChI is InChI=1S/C27H33N9O/c1-34-14-18-12-21(11-17(13-29-16-28)25(18)32-34)31-27(37)22-5-6-24(23-15-35(2)33-26(22)23)36-9-7-20(8-10-36)30-19-3-4-19/h5-6,11-12,14-16,19-20,30H,3-4,7-10,13H2,1-2H3,(H2,28,29)(H,31,37). The molecule has 1 aliphatic carbocycles. The molecule has 0 spiro atoms. The predicted molar refractivity (Wildman–Crippen MR) is 147 cm³/mol. The van der Waals surface area contributed by atoms with Gasteiger partial charge in [-0.2, -0.15) is 10.2 Å². The zero-order chi connectivity index (χ0) is 25.5. The molecule has 0 radical (unpaired) electrons. The molecule has 4 N–H and O–H groups in total. The Bertz CT molecular complexity index is 1490. The van der Waals surface area contributed by atoms with E-state index in [-0.39, 0.29) is 5.91 Å². The first kappa shape index (κ1) is 23.5. The second-order valence-corrected chi connectivity index (χ2v) is 10.2. The van der Waals surface area contributed by atoms with Crippen LogP contribution >= 0.6 is 0 Å². The van der Waals surface area contributed by atoms with Gasteiger partial charge in [-0.05, 0) is 49.9 Å². The molecule has 2 aliphatic rings. The SMILES string of the molecule is Cn1cc2cc(NC(=O)c3ccc(N4CCC(NC5CC5)CC4)c4cn(C)nc34)cc(CN=CN)c2n1. The van der Waals surface area contributed by atoms with Gasteiger partial charge in [-0.1, -0.05) is 0 Å². The Labute approximate surface area is 215 Å². The lowest BCUT2D eigenvalue weighted by molar-refractivity contribution is 0.102. The van der Waals surface area contributed by atoms with Crippen molar-refractivity contribution >= 4 is 45.4 Å². The summed E-state index contributed by atoms with van der Waals surface area (Å²) in [6, 6.07) is 9.15. The summed E-state index contributed by atoms with van der Waals surface area (Å²) >= 11 is 0. The summed E-state index contributed by atoms with van der Waals surface area (Å²) in [5, 5.41) is 18.0. The summed E-state index contributed by atoms with van der Waals surface area (Å²) in [5.41, 5.74) is 10.3. The number of nitrogens with zero attached hydrogens (tertiary/aromatic N) is 6. The minimum atomic E-state index is -0.195. The summed E-state index contributed by atoms with van der Waals surface area (Å²) in [7, 11) is 3.78. The van der Waals surface area contributed by atoms with Gasteiger partial charge in [-0.25, -0.2) is 0 Å². The summed E-state index contributed by atoms with van der Waals surface area (Å²) in [5.74, 6) is -0.195. The van der Waals surface area contributed by atoms with E-state index >= 15 is 0 Å². The number of fused-ring (bicyclic) bond motifs is 2. The Kier molecular flexibility index (Phi) is 6.03. The average molecular weight is 500 g/mol. The summed E-state index contributed by atoms with van der Waals surface area (Å²) in [6.07, 6.45) is 10.1. The Morgan fingerprint density at radius 1 is 1.05 bits per heavy atom. The number of carbonyl (C=O) groups excluding carboxylic acids is 1. The van der Waals surface area contributed by atoms with E-state index in [4.69, 9.17) is 5.73 Å². The predicted octanol–water partition coefficient (Wildman–Crippen LogP) is 2.92. The number of hydrogen-bond acceptors (Lipinski definition) is 6. The number of benzene rings is 2. The number of carbonyl (C=O) groups is 1. The molecule has 3 heterocycles. The van der Waals surface area contributed by atoms with Crippen LogP contribution in [-0.4, -0.2) is 57.0 Å². The van der Waals surface area contributed by atoms with E-state index < -0.39 is 0 Å². The molecule has 0 atom stereocenters. The van der Waals surface area contributed by atoms with Gasteiger partial charge in [-0.15, -0.1) is 0 Å². The van der Waals surface area contributed by atoms with Gasteiger partial charge in [0.1, 0.15) is 5.52 Å². The fraction of sp³-hybridized carbons (Fsp3) is 0.407. The molecule has 10 heteroatoms. The number of amides is 1. The third-order valence-electron chi connectivity index (χ3n) is 7.32. The fourth-order valence-corrected chi connectivity index (χ4v) is 5.40. The van der Waals surface area contributed by atoms with Crippen molar-refractivity contribution in [3.05, 3.63) is 47.8 Å². The van der Waals surface area contributed by atoms with E-state index in [1.807, 2.05) is 44.7 Å². The normalized spacial score (nSPS) is 16.9. The van der Waals surface area contributed by atoms with Gasteiger partial charge < -0.3 is 21.3 Å². The number of rotatable bonds is 7. The highest BCUT2D eigenvalue weighted by Crippen LogP contribution is 2.32. The highest BCUT2D eigenvalue weighted by Gasteiger charge is 2.28. The molecule has 0 unspecified atom stereocenters. The van der Waals surface area contributed by atoms with Crippen LogP contribution in [0.3, 0.4) is 0 Å². The molecule has 37 heavy (non-hydrogen) atoms. The van der Waals surface area contributed by atoms with E-state index in [0.29, 0.717) is 29.4 Å². The molecule has 1 amide bonds. The van der Waals surface area contributed by atoms with E-state index in [1.54, 1.807) is 9.36 Å². The minimum Gasteiger partial charge on any atom is -0.390 e. The number of aliphatic imine (C=N–C) groups is 1. The van der Waals surface area contributed by atoms with Gasteiger partial charge in [0.05, 0.1) is 24.0 Å². The average Bonchev–Trinajstić information content (AvgIpc) is 3.48. The molecular formula is C27H33N9O. The van der Waals surface area contributed by atoms with Crippen molar-refractivity contribution in [3.8, 4) is 0 Å². The minimum absolute atomic E-state index is 0.195. The zero-order valence-corrected chi connectivity index (χ0v) is 21.3. The van der Waals surface area contributed by atoms with Crippen molar-refractivity contribution in [2.45, 2.75) is 44.3 Å². The fourth-order valence-electron chi connectivity index (χ4n) is 5.40. The first-order chi connectivity index (χ1) is 18.0. The molecule has 4 aromatic rings. The van der Waals surface area contributed by atoms with Crippen molar-refractivity contribution in [2.24, 2.45) is 24.8 Å². The van der Waals surface area contributed by atoms with Gasteiger partial charge in [0.2, 0.25) is 0 Å². The topological polar surface area (TPSA) is 118 Å². The largest absolute Gasteiger partial charge is 0.390 e. The van der Waals surface area contributed by atoms with Crippen LogP contribution in [0.1, 0.15) is 41.6 Å². The van der Waals surface area contributed by atoms with Crippen molar-refractivity contribution < 1.29 is 4.79 Å². The van der Waals surface area contributed by atoms with Crippen molar-refractivity contribution in [1.82, 2.24) is 24.9 Å². The molecule has 2 aromatic carbocycles. The monoisotopic (exact) mass is 499 g/mol.